The minimum Gasteiger partial charge on any atom is -0.493 e. The molecule has 2 aromatic rings. The van der Waals surface area contributed by atoms with Gasteiger partial charge in [0.1, 0.15) is 10.1 Å². The molecule has 28 heavy (non-hydrogen) atoms. The number of amides is 1. The van der Waals surface area contributed by atoms with Gasteiger partial charge in [-0.1, -0.05) is 53.8 Å². The van der Waals surface area contributed by atoms with Crippen molar-refractivity contribution in [3.8, 4) is 5.75 Å². The molecule has 0 saturated carbocycles. The Balaban J connectivity index is 1.51. The van der Waals surface area contributed by atoms with Crippen LogP contribution < -0.4 is 4.74 Å². The van der Waals surface area contributed by atoms with E-state index < -0.39 is 0 Å². The number of halogens is 1. The summed E-state index contributed by atoms with van der Waals surface area (Å²) in [5, 5.41) is 0.739. The molecule has 0 aliphatic carbocycles. The largest absolute Gasteiger partial charge is 0.493 e. The molecule has 1 saturated heterocycles. The average Bonchev–Trinajstić information content (AvgIpc) is 2.96. The maximum atomic E-state index is 12.4. The highest BCUT2D eigenvalue weighted by Gasteiger charge is 2.30. The van der Waals surface area contributed by atoms with Crippen molar-refractivity contribution in [3.05, 3.63) is 76.7 Å². The molecule has 1 amide bonds. The topological polar surface area (TPSA) is 29.5 Å². The molecule has 1 aliphatic rings. The number of ether oxygens (including phenoxy) is 1. The molecule has 0 radical (unpaired) electrons. The van der Waals surface area contributed by atoms with E-state index in [1.165, 1.54) is 11.8 Å². The summed E-state index contributed by atoms with van der Waals surface area (Å²) in [6.07, 6.45) is 3.52. The lowest BCUT2D eigenvalue weighted by Gasteiger charge is -2.10. The molecule has 0 spiro atoms. The Morgan fingerprint density at radius 1 is 1.18 bits per heavy atom. The van der Waals surface area contributed by atoms with Crippen LogP contribution in [-0.2, 0) is 4.79 Å². The maximum Gasteiger partial charge on any atom is 0.266 e. The van der Waals surface area contributed by atoms with E-state index in [0.717, 1.165) is 27.0 Å². The van der Waals surface area contributed by atoms with Crippen molar-refractivity contribution in [2.24, 2.45) is 0 Å². The highest BCUT2D eigenvalue weighted by molar-refractivity contribution is 8.26. The number of carbonyl (C=O) groups is 1. The van der Waals surface area contributed by atoms with Gasteiger partial charge in [0.15, 0.2) is 0 Å². The third kappa shape index (κ3) is 5.64. The molecule has 144 valence electrons. The quantitative estimate of drug-likeness (QED) is 0.165. The summed E-state index contributed by atoms with van der Waals surface area (Å²) in [7, 11) is 0. The molecule has 7 heteroatoms. The summed E-state index contributed by atoms with van der Waals surface area (Å²) in [6.45, 7) is 4.70. The van der Waals surface area contributed by atoms with Crippen LogP contribution in [0.2, 0.25) is 5.02 Å². The zero-order valence-corrected chi connectivity index (χ0v) is 18.2. The van der Waals surface area contributed by atoms with Crippen LogP contribution in [0.3, 0.4) is 0 Å². The Labute approximate surface area is 183 Å². The van der Waals surface area contributed by atoms with Crippen LogP contribution in [0.4, 0.5) is 0 Å². The highest BCUT2D eigenvalue weighted by atomic mass is 35.5. The zero-order valence-electron chi connectivity index (χ0n) is 15.0. The number of hydrogen-bond donors (Lipinski definition) is 0. The number of rotatable bonds is 8. The van der Waals surface area contributed by atoms with Gasteiger partial charge in [-0.3, -0.25) is 9.69 Å². The van der Waals surface area contributed by atoms with Gasteiger partial charge in [-0.05, 0) is 48.0 Å². The van der Waals surface area contributed by atoms with Crippen LogP contribution in [0, 0.1) is 0 Å². The van der Waals surface area contributed by atoms with E-state index in [1.807, 2.05) is 54.6 Å². The predicted octanol–water partition coefficient (Wildman–Crippen LogP) is 5.90. The molecule has 0 bridgehead atoms. The molecule has 1 fully saturated rings. The lowest BCUT2D eigenvalue weighted by molar-refractivity contribution is -0.121. The second kappa shape index (κ2) is 10.2. The van der Waals surface area contributed by atoms with E-state index in [-0.39, 0.29) is 5.91 Å². The van der Waals surface area contributed by atoms with Crippen LogP contribution in [0.15, 0.2) is 71.0 Å². The van der Waals surface area contributed by atoms with Gasteiger partial charge in [-0.25, -0.2) is 0 Å². The molecule has 1 heterocycles. The molecule has 0 N–H and O–H groups in total. The maximum absolute atomic E-state index is 12.4. The van der Waals surface area contributed by atoms with Gasteiger partial charge in [0.05, 0.1) is 11.5 Å². The Morgan fingerprint density at radius 3 is 2.57 bits per heavy atom. The average molecular weight is 448 g/mol. The van der Waals surface area contributed by atoms with Crippen molar-refractivity contribution in [2.45, 2.75) is 4.90 Å². The fourth-order valence-corrected chi connectivity index (χ4v) is 4.58. The van der Waals surface area contributed by atoms with Crippen molar-refractivity contribution in [1.82, 2.24) is 4.90 Å². The zero-order chi connectivity index (χ0) is 19.9. The van der Waals surface area contributed by atoms with E-state index in [0.29, 0.717) is 22.4 Å². The van der Waals surface area contributed by atoms with Crippen molar-refractivity contribution in [3.63, 3.8) is 0 Å². The molecule has 0 unspecified atom stereocenters. The summed E-state index contributed by atoms with van der Waals surface area (Å²) in [4.78, 5) is 15.7. The first-order chi connectivity index (χ1) is 13.6. The van der Waals surface area contributed by atoms with Gasteiger partial charge in [0.25, 0.3) is 5.91 Å². The van der Waals surface area contributed by atoms with Crippen LogP contribution in [0.1, 0.15) is 5.56 Å². The second-order valence-corrected chi connectivity index (χ2v) is 9.08. The summed E-state index contributed by atoms with van der Waals surface area (Å²) in [6, 6.07) is 15.4. The SMILES string of the molecule is C=CCN1C(=O)/C(=C/c2ccc(OCCSc3ccc(Cl)cc3)cc2)SC1=S. The molecule has 3 nitrogen and oxygen atoms in total. The normalized spacial score (nSPS) is 15.3. The van der Waals surface area contributed by atoms with Gasteiger partial charge < -0.3 is 4.74 Å². The van der Waals surface area contributed by atoms with E-state index in [4.69, 9.17) is 28.6 Å². The first-order valence-corrected chi connectivity index (χ1v) is 11.1. The molecular weight excluding hydrogens is 430 g/mol. The third-order valence-corrected chi connectivity index (χ3v) is 6.40. The van der Waals surface area contributed by atoms with Gasteiger partial charge in [-0.15, -0.1) is 18.3 Å². The van der Waals surface area contributed by atoms with Crippen LogP contribution >= 0.6 is 47.3 Å². The van der Waals surface area contributed by atoms with E-state index in [2.05, 4.69) is 6.58 Å². The Morgan fingerprint density at radius 2 is 1.89 bits per heavy atom. The Hall–Kier alpha value is -1.73. The van der Waals surface area contributed by atoms with Crippen LogP contribution in [-0.4, -0.2) is 34.0 Å². The van der Waals surface area contributed by atoms with Gasteiger partial charge in [-0.2, -0.15) is 0 Å². The van der Waals surface area contributed by atoms with Crippen LogP contribution in [0.25, 0.3) is 6.08 Å². The van der Waals surface area contributed by atoms with Crippen LogP contribution in [0.5, 0.6) is 5.75 Å². The molecule has 2 aromatic carbocycles. The number of nitrogens with zero attached hydrogens (tertiary/aromatic N) is 1. The van der Waals surface area contributed by atoms with E-state index >= 15 is 0 Å². The van der Waals surface area contributed by atoms with Crippen molar-refractivity contribution in [1.29, 1.82) is 0 Å². The van der Waals surface area contributed by atoms with Gasteiger partial charge in [0, 0.05) is 22.2 Å². The number of benzene rings is 2. The predicted molar refractivity (Wildman–Crippen MR) is 124 cm³/mol. The number of carbonyl (C=O) groups excluding carboxylic acids is 1. The Kier molecular flexibility index (Phi) is 7.62. The standard InChI is InChI=1S/C21H18ClNO2S3/c1-2-11-23-20(24)19(28-21(23)26)14-15-3-7-17(8-4-15)25-12-13-27-18-9-5-16(22)6-10-18/h2-10,14H,1,11-13H2/b19-14-. The number of thiocarbonyl (C=S) groups is 1. The first kappa shape index (κ1) is 21.0. The summed E-state index contributed by atoms with van der Waals surface area (Å²) in [5.41, 5.74) is 0.932. The third-order valence-electron chi connectivity index (χ3n) is 3.80. The van der Waals surface area contributed by atoms with E-state index in [1.54, 1.807) is 22.7 Å². The Bertz CT molecular complexity index is 895. The van der Waals surface area contributed by atoms with Gasteiger partial charge >= 0.3 is 0 Å². The summed E-state index contributed by atoms with van der Waals surface area (Å²) < 4.78 is 6.35. The monoisotopic (exact) mass is 447 g/mol. The minimum absolute atomic E-state index is 0.0746. The molecule has 3 rings (SSSR count). The highest BCUT2D eigenvalue weighted by Crippen LogP contribution is 2.32. The lowest BCUT2D eigenvalue weighted by Crippen LogP contribution is -2.27. The summed E-state index contributed by atoms with van der Waals surface area (Å²) >= 11 is 14.2. The van der Waals surface area contributed by atoms with Crippen molar-refractivity contribution in [2.75, 3.05) is 18.9 Å². The molecule has 0 aromatic heterocycles. The lowest BCUT2D eigenvalue weighted by atomic mass is 10.2. The fraction of sp³-hybridized carbons (Fsp3) is 0.143. The van der Waals surface area contributed by atoms with E-state index in [9.17, 15) is 4.79 Å². The number of thioether (sulfide) groups is 2. The molecular formula is C21H18ClNO2S3. The smallest absolute Gasteiger partial charge is 0.266 e. The second-order valence-electron chi connectivity index (χ2n) is 5.80. The van der Waals surface area contributed by atoms with Crippen molar-refractivity contribution < 1.29 is 9.53 Å². The summed E-state index contributed by atoms with van der Waals surface area (Å²) in [5.74, 6) is 1.57. The first-order valence-electron chi connectivity index (χ1n) is 8.54. The van der Waals surface area contributed by atoms with Gasteiger partial charge in [0.2, 0.25) is 0 Å². The number of hydrogen-bond acceptors (Lipinski definition) is 5. The van der Waals surface area contributed by atoms with Crippen molar-refractivity contribution >= 4 is 63.6 Å². The molecule has 0 atom stereocenters. The minimum atomic E-state index is -0.0746. The molecule has 1 aliphatic heterocycles. The fourth-order valence-electron chi connectivity index (χ4n) is 2.45.